The predicted octanol–water partition coefficient (Wildman–Crippen LogP) is 5.09. The molecular formula is C23H15ClFN3O4. The first kappa shape index (κ1) is 21.2. The van der Waals surface area contributed by atoms with E-state index >= 15 is 0 Å². The number of carbonyl (C=O) groups excluding carboxylic acids is 2. The Balaban J connectivity index is 1.86. The van der Waals surface area contributed by atoms with Gasteiger partial charge in [-0.05, 0) is 54.4 Å². The molecule has 0 saturated carbocycles. The van der Waals surface area contributed by atoms with Crippen LogP contribution in [0.1, 0.15) is 11.1 Å². The smallest absolute Gasteiger partial charge is 0.282 e. The molecule has 0 spiro atoms. The molecule has 1 N–H and O–H groups in total. The number of hydrogen-bond donors (Lipinski definition) is 1. The summed E-state index contributed by atoms with van der Waals surface area (Å²) in [6, 6.07) is 15.7. The summed E-state index contributed by atoms with van der Waals surface area (Å²) < 4.78 is 14.5. The molecule has 0 radical (unpaired) electrons. The van der Waals surface area contributed by atoms with Gasteiger partial charge in [0.15, 0.2) is 0 Å². The molecule has 1 aliphatic rings. The van der Waals surface area contributed by atoms with Crippen LogP contribution in [0.4, 0.5) is 21.5 Å². The molecule has 0 bridgehead atoms. The summed E-state index contributed by atoms with van der Waals surface area (Å²) in [5.41, 5.74) is 1.04. The van der Waals surface area contributed by atoms with Crippen molar-refractivity contribution in [3.63, 3.8) is 0 Å². The van der Waals surface area contributed by atoms with Gasteiger partial charge in [-0.3, -0.25) is 19.7 Å². The zero-order chi connectivity index (χ0) is 23.0. The van der Waals surface area contributed by atoms with Crippen LogP contribution in [-0.4, -0.2) is 16.7 Å². The summed E-state index contributed by atoms with van der Waals surface area (Å²) in [6.07, 6.45) is 0. The average Bonchev–Trinajstić information content (AvgIpc) is 3.00. The number of amides is 2. The fraction of sp³-hybridized carbons (Fsp3) is 0.0435. The summed E-state index contributed by atoms with van der Waals surface area (Å²) >= 11 is 6.08. The molecule has 0 aliphatic carbocycles. The quantitative estimate of drug-likeness (QED) is 0.331. The lowest BCUT2D eigenvalue weighted by molar-refractivity contribution is -0.384. The highest BCUT2D eigenvalue weighted by atomic mass is 35.5. The molecule has 1 heterocycles. The number of carbonyl (C=O) groups is 2. The molecular weight excluding hydrogens is 437 g/mol. The molecule has 0 saturated heterocycles. The van der Waals surface area contributed by atoms with E-state index in [4.69, 9.17) is 11.6 Å². The number of anilines is 2. The Kier molecular flexibility index (Phi) is 5.46. The second-order valence-corrected chi connectivity index (χ2v) is 7.47. The summed E-state index contributed by atoms with van der Waals surface area (Å²) in [6.45, 7) is 1.79. The van der Waals surface area contributed by atoms with E-state index in [0.717, 1.165) is 16.5 Å². The molecule has 2 amide bonds. The number of nitro benzene ring substituents is 1. The van der Waals surface area contributed by atoms with E-state index in [-0.39, 0.29) is 28.2 Å². The Labute approximate surface area is 186 Å². The van der Waals surface area contributed by atoms with Crippen molar-refractivity contribution in [2.75, 3.05) is 10.2 Å². The first-order valence-electron chi connectivity index (χ1n) is 9.43. The molecule has 7 nitrogen and oxygen atoms in total. The first-order chi connectivity index (χ1) is 15.3. The molecule has 160 valence electrons. The van der Waals surface area contributed by atoms with Crippen molar-refractivity contribution in [2.24, 2.45) is 0 Å². The largest absolute Gasteiger partial charge is 0.350 e. The van der Waals surface area contributed by atoms with Crippen LogP contribution in [0.25, 0.3) is 5.57 Å². The lowest BCUT2D eigenvalue weighted by Gasteiger charge is -2.16. The third-order valence-electron chi connectivity index (χ3n) is 5.00. The summed E-state index contributed by atoms with van der Waals surface area (Å²) in [5, 5.41) is 14.4. The number of halogens is 2. The van der Waals surface area contributed by atoms with E-state index in [1.54, 1.807) is 25.1 Å². The van der Waals surface area contributed by atoms with Crippen molar-refractivity contribution in [2.45, 2.75) is 6.92 Å². The van der Waals surface area contributed by atoms with Gasteiger partial charge >= 0.3 is 0 Å². The molecule has 0 aromatic heterocycles. The van der Waals surface area contributed by atoms with E-state index < -0.39 is 22.6 Å². The number of hydrogen-bond acceptors (Lipinski definition) is 5. The van der Waals surface area contributed by atoms with E-state index in [1.165, 1.54) is 42.5 Å². The SMILES string of the molecule is Cc1ccc(Cl)cc1NC1=C(c2ccc([N+](=O)[O-])cc2)C(=O)N(c2ccccc2F)C1=O. The summed E-state index contributed by atoms with van der Waals surface area (Å²) in [5.74, 6) is -2.25. The van der Waals surface area contributed by atoms with Crippen LogP contribution in [-0.2, 0) is 9.59 Å². The number of nitro groups is 1. The Morgan fingerprint density at radius 3 is 2.34 bits per heavy atom. The minimum Gasteiger partial charge on any atom is -0.350 e. The number of aryl methyl sites for hydroxylation is 1. The maximum absolute atomic E-state index is 14.5. The van der Waals surface area contributed by atoms with Gasteiger partial charge in [0, 0.05) is 22.8 Å². The van der Waals surface area contributed by atoms with Crippen LogP contribution in [0, 0.1) is 22.9 Å². The van der Waals surface area contributed by atoms with Crippen LogP contribution >= 0.6 is 11.6 Å². The van der Waals surface area contributed by atoms with Gasteiger partial charge < -0.3 is 5.32 Å². The van der Waals surface area contributed by atoms with Gasteiger partial charge in [0.05, 0.1) is 16.2 Å². The van der Waals surface area contributed by atoms with Crippen LogP contribution in [0.2, 0.25) is 5.02 Å². The molecule has 4 rings (SSSR count). The molecule has 1 aliphatic heterocycles. The molecule has 3 aromatic carbocycles. The average molecular weight is 452 g/mol. The van der Waals surface area contributed by atoms with Crippen LogP contribution in [0.5, 0.6) is 0 Å². The lowest BCUT2D eigenvalue weighted by atomic mass is 10.0. The normalized spacial score (nSPS) is 13.7. The van der Waals surface area contributed by atoms with E-state index in [0.29, 0.717) is 10.7 Å². The third kappa shape index (κ3) is 3.72. The topological polar surface area (TPSA) is 92.6 Å². The van der Waals surface area contributed by atoms with Crippen molar-refractivity contribution in [3.8, 4) is 0 Å². The molecule has 9 heteroatoms. The van der Waals surface area contributed by atoms with Crippen molar-refractivity contribution < 1.29 is 18.9 Å². The van der Waals surface area contributed by atoms with Gasteiger partial charge in [0.1, 0.15) is 11.5 Å². The number of benzene rings is 3. The molecule has 0 atom stereocenters. The summed E-state index contributed by atoms with van der Waals surface area (Å²) in [4.78, 5) is 37.8. The van der Waals surface area contributed by atoms with Gasteiger partial charge in [-0.15, -0.1) is 0 Å². The predicted molar refractivity (Wildman–Crippen MR) is 119 cm³/mol. The van der Waals surface area contributed by atoms with Gasteiger partial charge in [-0.1, -0.05) is 29.8 Å². The standard InChI is InChI=1S/C23H15ClFN3O4/c1-13-6-9-15(24)12-18(13)26-21-20(14-7-10-16(11-8-14)28(31)32)22(29)27(23(21)30)19-5-3-2-4-17(19)25/h2-12,26H,1H3. The van der Waals surface area contributed by atoms with Gasteiger partial charge in [-0.2, -0.15) is 0 Å². The minimum atomic E-state index is -0.757. The number of nitrogens with one attached hydrogen (secondary N) is 1. The zero-order valence-corrected chi connectivity index (χ0v) is 17.4. The highest BCUT2D eigenvalue weighted by molar-refractivity contribution is 6.46. The lowest BCUT2D eigenvalue weighted by Crippen LogP contribution is -2.33. The third-order valence-corrected chi connectivity index (χ3v) is 5.24. The zero-order valence-electron chi connectivity index (χ0n) is 16.6. The first-order valence-corrected chi connectivity index (χ1v) is 9.81. The Bertz CT molecular complexity index is 1300. The maximum Gasteiger partial charge on any atom is 0.282 e. The van der Waals surface area contributed by atoms with Gasteiger partial charge in [0.2, 0.25) is 0 Å². The van der Waals surface area contributed by atoms with Gasteiger partial charge in [0.25, 0.3) is 17.5 Å². The number of nitrogens with zero attached hydrogens (tertiary/aromatic N) is 2. The maximum atomic E-state index is 14.5. The van der Waals surface area contributed by atoms with E-state index in [2.05, 4.69) is 5.32 Å². The number of imide groups is 1. The molecule has 0 fully saturated rings. The fourth-order valence-electron chi connectivity index (χ4n) is 3.38. The minimum absolute atomic E-state index is 0.0347. The molecule has 0 unspecified atom stereocenters. The second kappa shape index (κ2) is 8.24. The fourth-order valence-corrected chi connectivity index (χ4v) is 3.55. The number of rotatable bonds is 5. The van der Waals surface area contributed by atoms with Crippen molar-refractivity contribution in [3.05, 3.63) is 105 Å². The van der Waals surface area contributed by atoms with E-state index in [1.807, 2.05) is 0 Å². The van der Waals surface area contributed by atoms with Crippen molar-refractivity contribution in [1.82, 2.24) is 0 Å². The van der Waals surface area contributed by atoms with Crippen LogP contribution in [0.15, 0.2) is 72.4 Å². The van der Waals surface area contributed by atoms with Crippen LogP contribution < -0.4 is 10.2 Å². The number of para-hydroxylation sites is 1. The van der Waals surface area contributed by atoms with Gasteiger partial charge in [-0.25, -0.2) is 9.29 Å². The number of non-ortho nitro benzene ring substituents is 1. The highest BCUT2D eigenvalue weighted by Crippen LogP contribution is 2.36. The van der Waals surface area contributed by atoms with Crippen LogP contribution in [0.3, 0.4) is 0 Å². The Hall–Kier alpha value is -4.04. The Morgan fingerprint density at radius 1 is 1.00 bits per heavy atom. The summed E-state index contributed by atoms with van der Waals surface area (Å²) in [7, 11) is 0. The van der Waals surface area contributed by atoms with Crippen molar-refractivity contribution in [1.29, 1.82) is 0 Å². The highest BCUT2D eigenvalue weighted by Gasteiger charge is 2.41. The monoisotopic (exact) mass is 451 g/mol. The Morgan fingerprint density at radius 2 is 1.69 bits per heavy atom. The molecule has 3 aromatic rings. The second-order valence-electron chi connectivity index (χ2n) is 7.04. The molecule has 32 heavy (non-hydrogen) atoms. The van der Waals surface area contributed by atoms with E-state index in [9.17, 15) is 24.1 Å². The van der Waals surface area contributed by atoms with Crippen molar-refractivity contribution >= 4 is 46.1 Å².